The molecular weight excluding hydrogens is 448 g/mol. The summed E-state index contributed by atoms with van der Waals surface area (Å²) in [6, 6.07) is 9.07. The molecule has 2 aromatic rings. The van der Waals surface area contributed by atoms with Crippen LogP contribution in [0.4, 0.5) is 5.69 Å². The first kappa shape index (κ1) is 22.9. The van der Waals surface area contributed by atoms with Gasteiger partial charge in [0.2, 0.25) is 22.7 Å². The Hall–Kier alpha value is -3.24. The fourth-order valence-electron chi connectivity index (χ4n) is 3.95. The van der Waals surface area contributed by atoms with Gasteiger partial charge < -0.3 is 14.8 Å². The minimum absolute atomic E-state index is 0.0480. The molecule has 1 fully saturated rings. The van der Waals surface area contributed by atoms with E-state index in [9.17, 15) is 22.8 Å². The highest BCUT2D eigenvalue weighted by molar-refractivity contribution is 7.89. The van der Waals surface area contributed by atoms with Crippen LogP contribution in [0.15, 0.2) is 41.3 Å². The van der Waals surface area contributed by atoms with Crippen molar-refractivity contribution in [2.45, 2.75) is 31.6 Å². The number of fused-ring (bicyclic) bond motifs is 1. The monoisotopic (exact) mass is 472 g/mol. The molecule has 0 aliphatic carbocycles. The highest BCUT2D eigenvalue weighted by Crippen LogP contribution is 2.37. The lowest BCUT2D eigenvalue weighted by Gasteiger charge is -2.30. The first-order valence-electron chi connectivity index (χ1n) is 10.5. The van der Waals surface area contributed by atoms with Crippen LogP contribution >= 0.6 is 0 Å². The Morgan fingerprint density at radius 3 is 2.27 bits per heavy atom. The van der Waals surface area contributed by atoms with Gasteiger partial charge >= 0.3 is 0 Å². The van der Waals surface area contributed by atoms with Gasteiger partial charge in [-0.05, 0) is 44.9 Å². The molecule has 33 heavy (non-hydrogen) atoms. The second-order valence-corrected chi connectivity index (χ2v) is 10.00. The van der Waals surface area contributed by atoms with Crippen molar-refractivity contribution in [3.8, 4) is 11.5 Å². The number of ether oxygens (including phenoxy) is 2. The van der Waals surface area contributed by atoms with E-state index in [2.05, 4.69) is 5.32 Å². The third-order valence-electron chi connectivity index (χ3n) is 5.85. The Bertz CT molecular complexity index is 1230. The molecule has 10 heteroatoms. The van der Waals surface area contributed by atoms with Crippen LogP contribution in [0, 0.1) is 5.92 Å². The lowest BCUT2D eigenvalue weighted by atomic mass is 9.96. The highest BCUT2D eigenvalue weighted by Gasteiger charge is 2.33. The number of sulfonamides is 1. The molecule has 0 unspecified atom stereocenters. The smallest absolute Gasteiger partial charge is 0.243 e. The van der Waals surface area contributed by atoms with Crippen molar-refractivity contribution in [1.82, 2.24) is 4.31 Å². The average Bonchev–Trinajstić information content (AvgIpc) is 3.26. The Labute approximate surface area is 191 Å². The first-order chi connectivity index (χ1) is 15.7. The van der Waals surface area contributed by atoms with E-state index < -0.39 is 15.9 Å². The summed E-state index contributed by atoms with van der Waals surface area (Å²) in [5, 5.41) is 2.80. The minimum atomic E-state index is -3.78. The molecule has 0 spiro atoms. The highest BCUT2D eigenvalue weighted by atomic mass is 32.2. The number of amides is 1. The number of piperidine rings is 1. The largest absolute Gasteiger partial charge is 0.454 e. The number of nitrogens with one attached hydrogen (secondary N) is 1. The molecule has 4 rings (SSSR count). The van der Waals surface area contributed by atoms with E-state index >= 15 is 0 Å². The summed E-state index contributed by atoms with van der Waals surface area (Å²) in [6.45, 7) is 3.17. The molecule has 0 radical (unpaired) electrons. The van der Waals surface area contributed by atoms with Crippen molar-refractivity contribution in [3.05, 3.63) is 47.5 Å². The minimum Gasteiger partial charge on any atom is -0.454 e. The standard InChI is InChI=1S/C23H24N2O7S/c1-14(26)17-4-3-5-18(10-17)33(29,30)25-8-6-16(7-9-25)23(28)24-20-12-22-21(31-13-32-22)11-19(20)15(2)27/h3-5,10-12,16H,6-9,13H2,1-2H3,(H,24,28). The molecule has 0 aromatic heterocycles. The van der Waals surface area contributed by atoms with Gasteiger partial charge in [0.05, 0.1) is 10.6 Å². The predicted molar refractivity (Wildman–Crippen MR) is 119 cm³/mol. The van der Waals surface area contributed by atoms with Crippen molar-refractivity contribution in [1.29, 1.82) is 0 Å². The zero-order chi connectivity index (χ0) is 23.8. The van der Waals surface area contributed by atoms with Gasteiger partial charge in [-0.2, -0.15) is 4.31 Å². The fourth-order valence-corrected chi connectivity index (χ4v) is 5.47. The molecule has 0 saturated carbocycles. The van der Waals surface area contributed by atoms with E-state index in [0.29, 0.717) is 41.2 Å². The summed E-state index contributed by atoms with van der Waals surface area (Å²) in [5.74, 6) is -0.236. The number of carbonyl (C=O) groups is 3. The van der Waals surface area contributed by atoms with E-state index in [1.54, 1.807) is 24.3 Å². The second kappa shape index (κ2) is 8.95. The maximum atomic E-state index is 13.0. The number of rotatable bonds is 6. The van der Waals surface area contributed by atoms with E-state index in [0.717, 1.165) is 0 Å². The Balaban J connectivity index is 1.44. The van der Waals surface area contributed by atoms with Gasteiger partial charge in [-0.15, -0.1) is 0 Å². The van der Waals surface area contributed by atoms with E-state index in [-0.39, 0.29) is 42.3 Å². The van der Waals surface area contributed by atoms with E-state index in [1.807, 2.05) is 0 Å². The molecule has 2 aliphatic heterocycles. The van der Waals surface area contributed by atoms with Gasteiger partial charge in [0.15, 0.2) is 23.1 Å². The van der Waals surface area contributed by atoms with Crippen LogP contribution in [0.5, 0.6) is 11.5 Å². The van der Waals surface area contributed by atoms with Crippen LogP contribution < -0.4 is 14.8 Å². The quantitative estimate of drug-likeness (QED) is 0.642. The van der Waals surface area contributed by atoms with Crippen molar-refractivity contribution >= 4 is 33.2 Å². The number of hydrogen-bond acceptors (Lipinski definition) is 7. The topological polar surface area (TPSA) is 119 Å². The maximum absolute atomic E-state index is 13.0. The molecule has 9 nitrogen and oxygen atoms in total. The number of benzene rings is 2. The molecule has 2 heterocycles. The third kappa shape index (κ3) is 4.62. The van der Waals surface area contributed by atoms with Crippen molar-refractivity contribution in [3.63, 3.8) is 0 Å². The van der Waals surface area contributed by atoms with Gasteiger partial charge in [-0.3, -0.25) is 14.4 Å². The molecule has 2 aliphatic rings. The molecule has 174 valence electrons. The molecule has 0 atom stereocenters. The van der Waals surface area contributed by atoms with Crippen LogP contribution in [0.25, 0.3) is 0 Å². The summed E-state index contributed by atoms with van der Waals surface area (Å²) in [5.41, 5.74) is 0.987. The molecular formula is C23H24N2O7S. The van der Waals surface area contributed by atoms with Gasteiger partial charge in [0.1, 0.15) is 0 Å². The Morgan fingerprint density at radius 1 is 0.970 bits per heavy atom. The Morgan fingerprint density at radius 2 is 1.64 bits per heavy atom. The van der Waals surface area contributed by atoms with Gasteiger partial charge in [0.25, 0.3) is 0 Å². The predicted octanol–water partition coefficient (Wildman–Crippen LogP) is 2.86. The molecule has 2 aromatic carbocycles. The number of hydrogen-bond donors (Lipinski definition) is 1. The summed E-state index contributed by atoms with van der Waals surface area (Å²) in [6.07, 6.45) is 0.662. The van der Waals surface area contributed by atoms with Crippen LogP contribution in [-0.2, 0) is 14.8 Å². The molecule has 1 amide bonds. The number of carbonyl (C=O) groups excluding carboxylic acids is 3. The summed E-state index contributed by atoms with van der Waals surface area (Å²) in [7, 11) is -3.78. The lowest BCUT2D eigenvalue weighted by molar-refractivity contribution is -0.120. The number of nitrogens with zero attached hydrogens (tertiary/aromatic N) is 1. The van der Waals surface area contributed by atoms with Gasteiger partial charge in [-0.1, -0.05) is 12.1 Å². The summed E-state index contributed by atoms with van der Waals surface area (Å²) in [4.78, 5) is 36.6. The third-order valence-corrected chi connectivity index (χ3v) is 7.75. The van der Waals surface area contributed by atoms with Crippen LogP contribution in [0.1, 0.15) is 47.4 Å². The van der Waals surface area contributed by atoms with Gasteiger partial charge in [0, 0.05) is 36.2 Å². The molecule has 1 N–H and O–H groups in total. The number of anilines is 1. The SMILES string of the molecule is CC(=O)c1cccc(S(=O)(=O)N2CCC(C(=O)Nc3cc4c(cc3C(C)=O)OCO4)CC2)c1. The van der Waals surface area contributed by atoms with E-state index in [4.69, 9.17) is 9.47 Å². The fraction of sp³-hybridized carbons (Fsp3) is 0.348. The van der Waals surface area contributed by atoms with Gasteiger partial charge in [-0.25, -0.2) is 8.42 Å². The van der Waals surface area contributed by atoms with Crippen LogP contribution in [-0.4, -0.2) is 50.1 Å². The zero-order valence-electron chi connectivity index (χ0n) is 18.3. The normalized spacial score (nSPS) is 16.4. The van der Waals surface area contributed by atoms with Crippen molar-refractivity contribution < 1.29 is 32.3 Å². The van der Waals surface area contributed by atoms with Crippen molar-refractivity contribution in [2.75, 3.05) is 25.2 Å². The number of ketones is 2. The van der Waals surface area contributed by atoms with Crippen LogP contribution in [0.2, 0.25) is 0 Å². The Kier molecular flexibility index (Phi) is 6.22. The summed E-state index contributed by atoms with van der Waals surface area (Å²) < 4.78 is 38.0. The maximum Gasteiger partial charge on any atom is 0.243 e. The number of Topliss-reactive ketones (excluding diaryl/α,β-unsaturated/α-hetero) is 2. The summed E-state index contributed by atoms with van der Waals surface area (Å²) >= 11 is 0. The molecule has 0 bridgehead atoms. The zero-order valence-corrected chi connectivity index (χ0v) is 19.1. The van der Waals surface area contributed by atoms with Crippen molar-refractivity contribution in [2.24, 2.45) is 5.92 Å². The van der Waals surface area contributed by atoms with Crippen LogP contribution in [0.3, 0.4) is 0 Å². The lowest BCUT2D eigenvalue weighted by Crippen LogP contribution is -2.41. The second-order valence-electron chi connectivity index (χ2n) is 8.06. The molecule has 1 saturated heterocycles. The van der Waals surface area contributed by atoms with E-state index in [1.165, 1.54) is 30.3 Å². The first-order valence-corrected chi connectivity index (χ1v) is 12.0. The average molecular weight is 473 g/mol.